The summed E-state index contributed by atoms with van der Waals surface area (Å²) in [5.74, 6) is 1.53. The van der Waals surface area contributed by atoms with Crippen molar-refractivity contribution in [3.63, 3.8) is 0 Å². The summed E-state index contributed by atoms with van der Waals surface area (Å²) in [6, 6.07) is 0. The molecule has 1 fully saturated rings. The Bertz CT molecular complexity index is 367. The molecule has 1 heterocycles. The molecular formula is C12H19N3OS. The first-order valence-electron chi connectivity index (χ1n) is 6.08. The minimum absolute atomic E-state index is 0.678. The quantitative estimate of drug-likeness (QED) is 0.836. The van der Waals surface area contributed by atoms with E-state index in [-0.39, 0.29) is 0 Å². The predicted octanol–water partition coefficient (Wildman–Crippen LogP) is 2.95. The van der Waals surface area contributed by atoms with Gasteiger partial charge in [-0.1, -0.05) is 31.0 Å². The average Bonchev–Trinajstić information content (AvgIpc) is 2.39. The van der Waals surface area contributed by atoms with Crippen LogP contribution in [0.2, 0.25) is 0 Å². The van der Waals surface area contributed by atoms with E-state index < -0.39 is 0 Å². The van der Waals surface area contributed by atoms with Crippen LogP contribution in [-0.2, 0) is 0 Å². The van der Waals surface area contributed by atoms with E-state index in [1.54, 1.807) is 13.4 Å². The number of ether oxygens (including phenoxy) is 1. The van der Waals surface area contributed by atoms with E-state index in [0.29, 0.717) is 5.25 Å². The van der Waals surface area contributed by atoms with Gasteiger partial charge in [-0.3, -0.25) is 0 Å². The molecule has 0 aliphatic heterocycles. The maximum absolute atomic E-state index is 5.40. The molecule has 1 aliphatic rings. The summed E-state index contributed by atoms with van der Waals surface area (Å²) in [7, 11) is 3.52. The molecule has 0 aromatic carbocycles. The van der Waals surface area contributed by atoms with Crippen LogP contribution in [0.4, 0.5) is 5.82 Å². The lowest BCUT2D eigenvalue weighted by atomic mass is 10.0. The Morgan fingerprint density at radius 2 is 2.06 bits per heavy atom. The van der Waals surface area contributed by atoms with Crippen LogP contribution in [0.15, 0.2) is 11.4 Å². The van der Waals surface area contributed by atoms with E-state index >= 15 is 0 Å². The molecule has 0 unspecified atom stereocenters. The largest absolute Gasteiger partial charge is 0.490 e. The molecule has 5 heteroatoms. The van der Waals surface area contributed by atoms with E-state index in [4.69, 9.17) is 4.74 Å². The topological polar surface area (TPSA) is 47.0 Å². The van der Waals surface area contributed by atoms with Gasteiger partial charge in [0.25, 0.3) is 0 Å². The summed E-state index contributed by atoms with van der Waals surface area (Å²) < 4.78 is 5.40. The molecule has 17 heavy (non-hydrogen) atoms. The first kappa shape index (κ1) is 12.5. The molecule has 0 bridgehead atoms. The highest BCUT2D eigenvalue weighted by Crippen LogP contribution is 2.38. The van der Waals surface area contributed by atoms with Crippen LogP contribution >= 0.6 is 11.8 Å². The molecule has 0 saturated heterocycles. The SMILES string of the molecule is CNc1ncnc(SC2CCCCC2)c1OC. The Morgan fingerprint density at radius 1 is 1.29 bits per heavy atom. The molecule has 0 atom stereocenters. The van der Waals surface area contributed by atoms with Gasteiger partial charge in [-0.25, -0.2) is 9.97 Å². The highest BCUT2D eigenvalue weighted by molar-refractivity contribution is 8.00. The Balaban J connectivity index is 2.13. The number of aromatic nitrogens is 2. The monoisotopic (exact) mass is 253 g/mol. The van der Waals surface area contributed by atoms with Crippen LogP contribution in [-0.4, -0.2) is 29.4 Å². The third-order valence-corrected chi connectivity index (χ3v) is 4.36. The highest BCUT2D eigenvalue weighted by Gasteiger charge is 2.19. The summed E-state index contributed by atoms with van der Waals surface area (Å²) in [6.45, 7) is 0. The maximum Gasteiger partial charge on any atom is 0.193 e. The van der Waals surface area contributed by atoms with Crippen molar-refractivity contribution in [1.82, 2.24) is 9.97 Å². The Hall–Kier alpha value is -0.970. The van der Waals surface area contributed by atoms with Gasteiger partial charge in [-0.2, -0.15) is 0 Å². The molecular weight excluding hydrogens is 234 g/mol. The zero-order valence-electron chi connectivity index (χ0n) is 10.4. The Kier molecular flexibility index (Phi) is 4.48. The van der Waals surface area contributed by atoms with Gasteiger partial charge < -0.3 is 10.1 Å². The van der Waals surface area contributed by atoms with Crippen molar-refractivity contribution in [3.05, 3.63) is 6.33 Å². The van der Waals surface area contributed by atoms with E-state index in [1.807, 2.05) is 18.8 Å². The number of anilines is 1. The van der Waals surface area contributed by atoms with Gasteiger partial charge in [0, 0.05) is 12.3 Å². The highest BCUT2D eigenvalue weighted by atomic mass is 32.2. The summed E-state index contributed by atoms with van der Waals surface area (Å²) in [5, 5.41) is 4.67. The Morgan fingerprint density at radius 3 is 2.71 bits per heavy atom. The third-order valence-electron chi connectivity index (χ3n) is 3.04. The van der Waals surface area contributed by atoms with E-state index in [0.717, 1.165) is 16.6 Å². The maximum atomic E-state index is 5.40. The molecule has 0 amide bonds. The standard InChI is InChI=1S/C12H19N3OS/c1-13-11-10(16-2)12(15-8-14-11)17-9-6-4-3-5-7-9/h8-9H,3-7H2,1-2H3,(H,13,14,15). The average molecular weight is 253 g/mol. The van der Waals surface area contributed by atoms with Crippen LogP contribution in [0.1, 0.15) is 32.1 Å². The fraction of sp³-hybridized carbons (Fsp3) is 0.667. The first-order valence-corrected chi connectivity index (χ1v) is 6.96. The van der Waals surface area contributed by atoms with Crippen LogP contribution in [0.3, 0.4) is 0 Å². The second kappa shape index (κ2) is 6.10. The second-order valence-corrected chi connectivity index (χ2v) is 5.48. The number of rotatable bonds is 4. The molecule has 1 N–H and O–H groups in total. The number of hydrogen-bond acceptors (Lipinski definition) is 5. The third kappa shape index (κ3) is 3.03. The molecule has 4 nitrogen and oxygen atoms in total. The molecule has 0 radical (unpaired) electrons. The lowest BCUT2D eigenvalue weighted by Gasteiger charge is -2.21. The van der Waals surface area contributed by atoms with Crippen molar-refractivity contribution < 1.29 is 4.74 Å². The number of methoxy groups -OCH3 is 1. The van der Waals surface area contributed by atoms with E-state index in [9.17, 15) is 0 Å². The molecule has 94 valence electrons. The smallest absolute Gasteiger partial charge is 0.193 e. The lowest BCUT2D eigenvalue weighted by molar-refractivity contribution is 0.400. The fourth-order valence-electron chi connectivity index (χ4n) is 2.14. The van der Waals surface area contributed by atoms with Crippen molar-refractivity contribution in [1.29, 1.82) is 0 Å². The molecule has 0 spiro atoms. The van der Waals surface area contributed by atoms with Gasteiger partial charge in [0.2, 0.25) is 0 Å². The van der Waals surface area contributed by atoms with Crippen LogP contribution < -0.4 is 10.1 Å². The molecule has 1 saturated carbocycles. The molecule has 1 aromatic heterocycles. The first-order chi connectivity index (χ1) is 8.35. The predicted molar refractivity (Wildman–Crippen MR) is 70.9 cm³/mol. The van der Waals surface area contributed by atoms with E-state index in [2.05, 4.69) is 15.3 Å². The van der Waals surface area contributed by atoms with Gasteiger partial charge in [0.1, 0.15) is 11.4 Å². The van der Waals surface area contributed by atoms with Gasteiger partial charge in [-0.15, -0.1) is 0 Å². The van der Waals surface area contributed by atoms with Crippen molar-refractivity contribution in [2.24, 2.45) is 0 Å². The van der Waals surface area contributed by atoms with Crippen molar-refractivity contribution in [2.75, 3.05) is 19.5 Å². The van der Waals surface area contributed by atoms with Gasteiger partial charge >= 0.3 is 0 Å². The molecule has 1 aromatic rings. The van der Waals surface area contributed by atoms with Crippen molar-refractivity contribution in [3.8, 4) is 5.75 Å². The summed E-state index contributed by atoms with van der Waals surface area (Å²) >= 11 is 1.83. The van der Waals surface area contributed by atoms with Crippen LogP contribution in [0.25, 0.3) is 0 Å². The molecule has 2 rings (SSSR count). The van der Waals surface area contributed by atoms with Gasteiger partial charge in [0.05, 0.1) is 7.11 Å². The van der Waals surface area contributed by atoms with Crippen LogP contribution in [0.5, 0.6) is 5.75 Å². The number of thioether (sulfide) groups is 1. The summed E-state index contributed by atoms with van der Waals surface area (Å²) in [4.78, 5) is 8.50. The van der Waals surface area contributed by atoms with E-state index in [1.165, 1.54) is 32.1 Å². The van der Waals surface area contributed by atoms with Crippen molar-refractivity contribution >= 4 is 17.6 Å². The fourth-order valence-corrected chi connectivity index (χ4v) is 3.42. The number of nitrogens with zero attached hydrogens (tertiary/aromatic N) is 2. The number of nitrogens with one attached hydrogen (secondary N) is 1. The minimum atomic E-state index is 0.678. The second-order valence-electron chi connectivity index (χ2n) is 4.19. The summed E-state index contributed by atoms with van der Waals surface area (Å²) in [6.07, 6.45) is 8.21. The van der Waals surface area contributed by atoms with Crippen molar-refractivity contribution in [2.45, 2.75) is 42.4 Å². The minimum Gasteiger partial charge on any atom is -0.490 e. The number of hydrogen-bond donors (Lipinski definition) is 1. The van der Waals surface area contributed by atoms with Gasteiger partial charge in [-0.05, 0) is 12.8 Å². The summed E-state index contributed by atoms with van der Waals surface area (Å²) in [5.41, 5.74) is 0. The Labute approximate surface area is 107 Å². The molecule has 1 aliphatic carbocycles. The van der Waals surface area contributed by atoms with Gasteiger partial charge in [0.15, 0.2) is 11.6 Å². The normalized spacial score (nSPS) is 16.8. The lowest BCUT2D eigenvalue weighted by Crippen LogP contribution is -2.09. The zero-order chi connectivity index (χ0) is 12.1. The zero-order valence-corrected chi connectivity index (χ0v) is 11.2. The van der Waals surface area contributed by atoms with Crippen LogP contribution in [0, 0.1) is 0 Å².